The summed E-state index contributed by atoms with van der Waals surface area (Å²) < 4.78 is 0. The van der Waals surface area contributed by atoms with Gasteiger partial charge in [-0.05, 0) is 68.6 Å². The molecule has 0 heterocycles. The Hall–Kier alpha value is -0.820. The van der Waals surface area contributed by atoms with Gasteiger partial charge in [-0.2, -0.15) is 0 Å². The van der Waals surface area contributed by atoms with Gasteiger partial charge in [-0.25, -0.2) is 0 Å². The van der Waals surface area contributed by atoms with Crippen LogP contribution in [0.4, 0.5) is 0 Å². The number of nitrogens with one attached hydrogen (secondary N) is 1. The lowest BCUT2D eigenvalue weighted by molar-refractivity contribution is 0.206. The van der Waals surface area contributed by atoms with Crippen LogP contribution in [0.5, 0.6) is 0 Å². The van der Waals surface area contributed by atoms with Gasteiger partial charge in [-0.3, -0.25) is 0 Å². The maximum Gasteiger partial charge on any atom is 0.0213 e. The summed E-state index contributed by atoms with van der Waals surface area (Å²) in [5.74, 6) is 0. The van der Waals surface area contributed by atoms with Gasteiger partial charge in [-0.1, -0.05) is 31.5 Å². The largest absolute Gasteiger partial charge is 0.310 e. The van der Waals surface area contributed by atoms with Crippen LogP contribution in [0.2, 0.25) is 0 Å². The van der Waals surface area contributed by atoms with E-state index in [1.807, 2.05) is 0 Å². The maximum atomic E-state index is 3.78. The summed E-state index contributed by atoms with van der Waals surface area (Å²) >= 11 is 0. The highest BCUT2D eigenvalue weighted by Gasteiger charge is 2.26. The first-order valence-corrected chi connectivity index (χ1v) is 7.67. The Morgan fingerprint density at radius 1 is 1.05 bits per heavy atom. The average Bonchev–Trinajstić information content (AvgIpc) is 2.29. The second-order valence-corrected chi connectivity index (χ2v) is 7.20. The molecule has 0 saturated heterocycles. The van der Waals surface area contributed by atoms with Crippen molar-refractivity contribution in [2.24, 2.45) is 5.41 Å². The summed E-state index contributed by atoms with van der Waals surface area (Å²) in [5, 5.41) is 3.78. The van der Waals surface area contributed by atoms with Crippen LogP contribution >= 0.6 is 0 Å². The first kappa shape index (κ1) is 14.6. The molecule has 1 aromatic rings. The highest BCUT2D eigenvalue weighted by atomic mass is 14.9. The normalized spacial score (nSPS) is 19.6. The van der Waals surface area contributed by atoms with E-state index >= 15 is 0 Å². The summed E-state index contributed by atoms with van der Waals surface area (Å²) in [7, 11) is 0. The van der Waals surface area contributed by atoms with Crippen LogP contribution < -0.4 is 5.32 Å². The molecule has 0 spiro atoms. The Balaban J connectivity index is 1.93. The van der Waals surface area contributed by atoms with E-state index in [-0.39, 0.29) is 0 Å². The van der Waals surface area contributed by atoms with E-state index in [0.717, 1.165) is 6.54 Å². The van der Waals surface area contributed by atoms with Crippen molar-refractivity contribution in [2.45, 2.75) is 72.9 Å². The monoisotopic (exact) mass is 259 g/mol. The van der Waals surface area contributed by atoms with Crippen molar-refractivity contribution in [1.29, 1.82) is 0 Å². The molecule has 19 heavy (non-hydrogen) atoms. The lowest BCUT2D eigenvalue weighted by atomic mass is 9.75. The zero-order valence-corrected chi connectivity index (χ0v) is 13.3. The minimum Gasteiger partial charge on any atom is -0.310 e. The molecule has 1 aromatic carbocycles. The standard InChI is InChI=1S/C18H29N/c1-13-10-14(2)17(15(3)11-13)12-19-16-6-8-18(4,5)9-7-16/h10-11,16,19H,6-9,12H2,1-5H3. The predicted octanol–water partition coefficient (Wildman–Crippen LogP) is 4.67. The first-order valence-electron chi connectivity index (χ1n) is 7.67. The molecule has 0 radical (unpaired) electrons. The molecule has 0 amide bonds. The summed E-state index contributed by atoms with van der Waals surface area (Å²) in [6.07, 6.45) is 5.38. The van der Waals surface area contributed by atoms with Crippen LogP contribution in [-0.2, 0) is 6.54 Å². The quantitative estimate of drug-likeness (QED) is 0.831. The van der Waals surface area contributed by atoms with Crippen molar-refractivity contribution >= 4 is 0 Å². The molecule has 0 atom stereocenters. The number of benzene rings is 1. The molecule has 1 aliphatic rings. The Labute approximate surface area is 118 Å². The number of aryl methyl sites for hydroxylation is 3. The third kappa shape index (κ3) is 3.82. The van der Waals surface area contributed by atoms with E-state index in [2.05, 4.69) is 52.1 Å². The van der Waals surface area contributed by atoms with E-state index in [9.17, 15) is 0 Å². The van der Waals surface area contributed by atoms with Gasteiger partial charge in [0.2, 0.25) is 0 Å². The van der Waals surface area contributed by atoms with Crippen LogP contribution in [0.25, 0.3) is 0 Å². The zero-order chi connectivity index (χ0) is 14.0. The lowest BCUT2D eigenvalue weighted by Gasteiger charge is -2.35. The highest BCUT2D eigenvalue weighted by Crippen LogP contribution is 2.35. The van der Waals surface area contributed by atoms with Crippen molar-refractivity contribution in [3.05, 3.63) is 34.4 Å². The van der Waals surface area contributed by atoms with Crippen molar-refractivity contribution in [1.82, 2.24) is 5.32 Å². The smallest absolute Gasteiger partial charge is 0.0213 e. The Morgan fingerprint density at radius 2 is 1.58 bits per heavy atom. The molecule has 1 heteroatoms. The molecule has 106 valence electrons. The van der Waals surface area contributed by atoms with Gasteiger partial charge < -0.3 is 5.32 Å². The zero-order valence-electron chi connectivity index (χ0n) is 13.3. The molecule has 0 bridgehead atoms. The molecule has 1 aliphatic carbocycles. The second kappa shape index (κ2) is 5.66. The molecule has 1 saturated carbocycles. The van der Waals surface area contributed by atoms with Gasteiger partial charge in [0, 0.05) is 12.6 Å². The van der Waals surface area contributed by atoms with Gasteiger partial charge >= 0.3 is 0 Å². The summed E-state index contributed by atoms with van der Waals surface area (Å²) in [4.78, 5) is 0. The molecular weight excluding hydrogens is 230 g/mol. The van der Waals surface area contributed by atoms with E-state index in [0.29, 0.717) is 11.5 Å². The number of rotatable bonds is 3. The topological polar surface area (TPSA) is 12.0 Å². The van der Waals surface area contributed by atoms with E-state index in [1.165, 1.54) is 47.9 Å². The molecule has 1 fully saturated rings. The van der Waals surface area contributed by atoms with Crippen LogP contribution in [0, 0.1) is 26.2 Å². The maximum absolute atomic E-state index is 3.78. The molecule has 0 unspecified atom stereocenters. The third-order valence-electron chi connectivity index (χ3n) is 4.75. The summed E-state index contributed by atoms with van der Waals surface area (Å²) in [6.45, 7) is 12.5. The van der Waals surface area contributed by atoms with Crippen molar-refractivity contribution in [3.63, 3.8) is 0 Å². The fourth-order valence-corrected chi connectivity index (χ4v) is 3.34. The number of hydrogen-bond acceptors (Lipinski definition) is 1. The highest BCUT2D eigenvalue weighted by molar-refractivity contribution is 5.37. The van der Waals surface area contributed by atoms with Gasteiger partial charge in [-0.15, -0.1) is 0 Å². The fourth-order valence-electron chi connectivity index (χ4n) is 3.34. The van der Waals surface area contributed by atoms with Crippen LogP contribution in [-0.4, -0.2) is 6.04 Å². The Kier molecular flexibility index (Phi) is 4.35. The lowest BCUT2D eigenvalue weighted by Crippen LogP contribution is -2.35. The molecule has 0 aliphatic heterocycles. The molecule has 2 rings (SSSR count). The van der Waals surface area contributed by atoms with Gasteiger partial charge in [0.15, 0.2) is 0 Å². The summed E-state index contributed by atoms with van der Waals surface area (Å²) in [5.41, 5.74) is 6.30. The second-order valence-electron chi connectivity index (χ2n) is 7.20. The predicted molar refractivity (Wildman–Crippen MR) is 83.5 cm³/mol. The molecule has 0 aromatic heterocycles. The minimum atomic E-state index is 0.563. The van der Waals surface area contributed by atoms with E-state index < -0.39 is 0 Å². The Morgan fingerprint density at radius 3 is 2.11 bits per heavy atom. The van der Waals surface area contributed by atoms with Crippen LogP contribution in [0.1, 0.15) is 61.8 Å². The van der Waals surface area contributed by atoms with Crippen LogP contribution in [0.3, 0.4) is 0 Å². The first-order chi connectivity index (χ1) is 8.87. The fraction of sp³-hybridized carbons (Fsp3) is 0.667. The van der Waals surface area contributed by atoms with E-state index in [4.69, 9.17) is 0 Å². The molecule has 1 nitrogen and oxygen atoms in total. The minimum absolute atomic E-state index is 0.563. The van der Waals surface area contributed by atoms with Gasteiger partial charge in [0.25, 0.3) is 0 Å². The van der Waals surface area contributed by atoms with Crippen molar-refractivity contribution < 1.29 is 0 Å². The SMILES string of the molecule is Cc1cc(C)c(CNC2CCC(C)(C)CC2)c(C)c1. The van der Waals surface area contributed by atoms with E-state index in [1.54, 1.807) is 0 Å². The average molecular weight is 259 g/mol. The van der Waals surface area contributed by atoms with Crippen molar-refractivity contribution in [2.75, 3.05) is 0 Å². The van der Waals surface area contributed by atoms with Gasteiger partial charge in [0.05, 0.1) is 0 Å². The molecular formula is C18H29N. The van der Waals surface area contributed by atoms with Crippen LogP contribution in [0.15, 0.2) is 12.1 Å². The summed E-state index contributed by atoms with van der Waals surface area (Å²) in [6, 6.07) is 5.32. The third-order valence-corrected chi connectivity index (χ3v) is 4.75. The number of hydrogen-bond donors (Lipinski definition) is 1. The molecule has 1 N–H and O–H groups in total. The van der Waals surface area contributed by atoms with Crippen molar-refractivity contribution in [3.8, 4) is 0 Å². The Bertz CT molecular complexity index is 412. The van der Waals surface area contributed by atoms with Gasteiger partial charge in [0.1, 0.15) is 0 Å².